The zero-order valence-electron chi connectivity index (χ0n) is 7.82. The third kappa shape index (κ3) is 2.89. The molecule has 0 aliphatic carbocycles. The van der Waals surface area contributed by atoms with Crippen LogP contribution in [0.1, 0.15) is 11.1 Å². The van der Waals surface area contributed by atoms with Crippen LogP contribution in [-0.4, -0.2) is 13.6 Å². The van der Waals surface area contributed by atoms with Crippen LogP contribution >= 0.6 is 0 Å². The molecule has 0 aromatic heterocycles. The van der Waals surface area contributed by atoms with Crippen molar-refractivity contribution in [3.63, 3.8) is 0 Å². The van der Waals surface area contributed by atoms with Gasteiger partial charge in [0.05, 0.1) is 6.54 Å². The minimum Gasteiger partial charge on any atom is -0.309 e. The van der Waals surface area contributed by atoms with E-state index in [9.17, 15) is 4.39 Å². The van der Waals surface area contributed by atoms with Gasteiger partial charge in [0.15, 0.2) is 0 Å². The molecule has 0 fully saturated rings. The molecule has 0 radical (unpaired) electrons. The number of aryl methyl sites for hydroxylation is 1. The zero-order valence-corrected chi connectivity index (χ0v) is 7.82. The van der Waals surface area contributed by atoms with Crippen molar-refractivity contribution in [3.8, 4) is 11.8 Å². The molecule has 0 atom stereocenters. The summed E-state index contributed by atoms with van der Waals surface area (Å²) in [5, 5.41) is 2.90. The number of hydrogen-bond acceptors (Lipinski definition) is 1. The number of halogens is 1. The van der Waals surface area contributed by atoms with E-state index < -0.39 is 0 Å². The molecule has 1 aromatic carbocycles. The van der Waals surface area contributed by atoms with Crippen molar-refractivity contribution < 1.29 is 4.39 Å². The third-order valence-corrected chi connectivity index (χ3v) is 1.69. The molecule has 1 rings (SSSR count). The third-order valence-electron chi connectivity index (χ3n) is 1.69. The Morgan fingerprint density at radius 1 is 1.46 bits per heavy atom. The summed E-state index contributed by atoms with van der Waals surface area (Å²) in [6.45, 7) is 2.54. The maximum Gasteiger partial charge on any atom is 0.124 e. The van der Waals surface area contributed by atoms with Gasteiger partial charge in [0.2, 0.25) is 0 Å². The van der Waals surface area contributed by atoms with Gasteiger partial charge >= 0.3 is 0 Å². The first-order chi connectivity index (χ1) is 6.24. The van der Waals surface area contributed by atoms with Crippen LogP contribution in [0.15, 0.2) is 18.2 Å². The second kappa shape index (κ2) is 4.64. The molecule has 1 N–H and O–H groups in total. The van der Waals surface area contributed by atoms with Crippen molar-refractivity contribution in [1.82, 2.24) is 5.32 Å². The Morgan fingerprint density at radius 3 is 2.92 bits per heavy atom. The van der Waals surface area contributed by atoms with Crippen molar-refractivity contribution in [1.29, 1.82) is 0 Å². The van der Waals surface area contributed by atoms with Crippen molar-refractivity contribution in [2.45, 2.75) is 6.92 Å². The lowest BCUT2D eigenvalue weighted by Crippen LogP contribution is -2.04. The van der Waals surface area contributed by atoms with E-state index in [4.69, 9.17) is 0 Å². The monoisotopic (exact) mass is 177 g/mol. The van der Waals surface area contributed by atoms with Crippen molar-refractivity contribution >= 4 is 0 Å². The summed E-state index contributed by atoms with van der Waals surface area (Å²) in [4.78, 5) is 0. The van der Waals surface area contributed by atoms with Gasteiger partial charge < -0.3 is 5.32 Å². The normalized spacial score (nSPS) is 9.15. The lowest BCUT2D eigenvalue weighted by atomic mass is 10.1. The molecule has 0 aliphatic rings. The average Bonchev–Trinajstić information content (AvgIpc) is 2.11. The molecule has 13 heavy (non-hydrogen) atoms. The van der Waals surface area contributed by atoms with Crippen LogP contribution in [0.2, 0.25) is 0 Å². The van der Waals surface area contributed by atoms with Gasteiger partial charge in [-0.3, -0.25) is 0 Å². The van der Waals surface area contributed by atoms with Gasteiger partial charge in [-0.2, -0.15) is 0 Å². The summed E-state index contributed by atoms with van der Waals surface area (Å²) in [5.41, 5.74) is 1.76. The SMILES string of the molecule is CNCC#Cc1cc(F)ccc1C. The van der Waals surface area contributed by atoms with Gasteiger partial charge in [-0.05, 0) is 31.7 Å². The standard InChI is InChI=1S/C11H12FN/c1-9-5-6-11(12)8-10(9)4-3-7-13-2/h5-6,8,13H,7H2,1-2H3. The highest BCUT2D eigenvalue weighted by atomic mass is 19.1. The first-order valence-electron chi connectivity index (χ1n) is 4.13. The van der Waals surface area contributed by atoms with E-state index in [0.29, 0.717) is 6.54 Å². The highest BCUT2D eigenvalue weighted by Gasteiger charge is 1.95. The minimum atomic E-state index is -0.237. The quantitative estimate of drug-likeness (QED) is 0.644. The van der Waals surface area contributed by atoms with Crippen LogP contribution in [0.3, 0.4) is 0 Å². The molecular weight excluding hydrogens is 165 g/mol. The molecule has 0 heterocycles. The first-order valence-corrected chi connectivity index (χ1v) is 4.13. The molecule has 0 amide bonds. The molecule has 0 aliphatic heterocycles. The lowest BCUT2D eigenvalue weighted by Gasteiger charge is -1.96. The number of hydrogen-bond donors (Lipinski definition) is 1. The number of rotatable bonds is 1. The van der Waals surface area contributed by atoms with Crippen molar-refractivity contribution in [3.05, 3.63) is 35.1 Å². The van der Waals surface area contributed by atoms with Gasteiger partial charge in [0.25, 0.3) is 0 Å². The Morgan fingerprint density at radius 2 is 2.23 bits per heavy atom. The first kappa shape index (κ1) is 9.76. The maximum atomic E-state index is 12.8. The lowest BCUT2D eigenvalue weighted by molar-refractivity contribution is 0.627. The van der Waals surface area contributed by atoms with E-state index in [2.05, 4.69) is 17.2 Å². The van der Waals surface area contributed by atoms with Crippen LogP contribution < -0.4 is 5.32 Å². The Hall–Kier alpha value is -1.33. The van der Waals surface area contributed by atoms with Gasteiger partial charge in [0, 0.05) is 5.56 Å². The fourth-order valence-corrected chi connectivity index (χ4v) is 0.957. The minimum absolute atomic E-state index is 0.237. The highest BCUT2D eigenvalue weighted by molar-refractivity contribution is 5.40. The summed E-state index contributed by atoms with van der Waals surface area (Å²) in [5.74, 6) is 5.56. The van der Waals surface area contributed by atoms with Crippen LogP contribution in [0.25, 0.3) is 0 Å². The van der Waals surface area contributed by atoms with E-state index >= 15 is 0 Å². The van der Waals surface area contributed by atoms with E-state index in [1.54, 1.807) is 6.07 Å². The van der Waals surface area contributed by atoms with Crippen LogP contribution in [0.4, 0.5) is 4.39 Å². The molecule has 0 spiro atoms. The maximum absolute atomic E-state index is 12.8. The molecule has 0 saturated carbocycles. The molecular formula is C11H12FN. The summed E-state index contributed by atoms with van der Waals surface area (Å²) in [7, 11) is 1.83. The van der Waals surface area contributed by atoms with Gasteiger partial charge in [-0.1, -0.05) is 17.9 Å². The Labute approximate surface area is 78.0 Å². The molecule has 1 nitrogen and oxygen atoms in total. The largest absolute Gasteiger partial charge is 0.309 e. The smallest absolute Gasteiger partial charge is 0.124 e. The highest BCUT2D eigenvalue weighted by Crippen LogP contribution is 2.08. The summed E-state index contributed by atoms with van der Waals surface area (Å²) >= 11 is 0. The number of nitrogens with one attached hydrogen (secondary N) is 1. The second-order valence-electron chi connectivity index (χ2n) is 2.79. The molecule has 0 saturated heterocycles. The molecule has 1 aromatic rings. The van der Waals surface area contributed by atoms with E-state index in [0.717, 1.165) is 11.1 Å². The van der Waals surface area contributed by atoms with E-state index in [-0.39, 0.29) is 5.82 Å². The van der Waals surface area contributed by atoms with Crippen LogP contribution in [-0.2, 0) is 0 Å². The number of benzene rings is 1. The Balaban J connectivity index is 2.89. The van der Waals surface area contributed by atoms with Crippen LogP contribution in [0, 0.1) is 24.6 Å². The topological polar surface area (TPSA) is 12.0 Å². The van der Waals surface area contributed by atoms with Crippen LogP contribution in [0.5, 0.6) is 0 Å². The fourth-order valence-electron chi connectivity index (χ4n) is 0.957. The van der Waals surface area contributed by atoms with Gasteiger partial charge in [-0.15, -0.1) is 0 Å². The van der Waals surface area contributed by atoms with Crippen molar-refractivity contribution in [2.75, 3.05) is 13.6 Å². The van der Waals surface area contributed by atoms with Crippen molar-refractivity contribution in [2.24, 2.45) is 0 Å². The Bertz CT molecular complexity index is 347. The summed E-state index contributed by atoms with van der Waals surface area (Å²) in [6, 6.07) is 4.63. The zero-order chi connectivity index (χ0) is 9.68. The van der Waals surface area contributed by atoms with Gasteiger partial charge in [0.1, 0.15) is 5.82 Å². The van der Waals surface area contributed by atoms with Gasteiger partial charge in [-0.25, -0.2) is 4.39 Å². The van der Waals surface area contributed by atoms with E-state index in [1.807, 2.05) is 14.0 Å². The predicted molar refractivity (Wildman–Crippen MR) is 51.9 cm³/mol. The second-order valence-corrected chi connectivity index (χ2v) is 2.79. The van der Waals surface area contributed by atoms with E-state index in [1.165, 1.54) is 12.1 Å². The summed E-state index contributed by atoms with van der Waals surface area (Å²) < 4.78 is 12.8. The molecule has 0 bridgehead atoms. The average molecular weight is 177 g/mol. The summed E-state index contributed by atoms with van der Waals surface area (Å²) in [6.07, 6.45) is 0. The molecule has 2 heteroatoms. The Kier molecular flexibility index (Phi) is 3.48. The fraction of sp³-hybridized carbons (Fsp3) is 0.273. The molecule has 0 unspecified atom stereocenters. The molecule has 68 valence electrons. The predicted octanol–water partition coefficient (Wildman–Crippen LogP) is 1.71.